The van der Waals surface area contributed by atoms with Crippen LogP contribution in [-0.2, 0) is 10.0 Å². The van der Waals surface area contributed by atoms with E-state index >= 15 is 0 Å². The first-order valence-corrected chi connectivity index (χ1v) is 7.52. The Morgan fingerprint density at radius 2 is 2.05 bits per heavy atom. The second kappa shape index (κ2) is 5.34. The molecule has 0 unspecified atom stereocenters. The number of hydrogen-bond acceptors (Lipinski definition) is 5. The van der Waals surface area contributed by atoms with Gasteiger partial charge in [0.1, 0.15) is 10.0 Å². The number of carboxylic acid groups (broad SMARTS) is 1. The Morgan fingerprint density at radius 1 is 1.38 bits per heavy atom. The van der Waals surface area contributed by atoms with Crippen molar-refractivity contribution in [3.63, 3.8) is 0 Å². The van der Waals surface area contributed by atoms with Gasteiger partial charge >= 0.3 is 5.97 Å². The number of nitrogens with zero attached hydrogens (tertiary/aromatic N) is 2. The second-order valence-electron chi connectivity index (χ2n) is 4.20. The molecule has 0 aliphatic heterocycles. The molecule has 8 nitrogen and oxygen atoms in total. The number of sulfonamides is 1. The van der Waals surface area contributed by atoms with Gasteiger partial charge in [-0.25, -0.2) is 18.2 Å². The first kappa shape index (κ1) is 15.3. The Morgan fingerprint density at radius 3 is 2.62 bits per heavy atom. The number of aromatic nitrogens is 3. The Hall–Kier alpha value is -2.13. The molecule has 0 aromatic carbocycles. The van der Waals surface area contributed by atoms with Crippen molar-refractivity contribution in [1.82, 2.24) is 15.2 Å². The lowest BCUT2D eigenvalue weighted by Gasteiger charge is -2.10. The van der Waals surface area contributed by atoms with E-state index in [1.165, 1.54) is 19.1 Å². The molecule has 21 heavy (non-hydrogen) atoms. The smallest absolute Gasteiger partial charge is 0.357 e. The maximum absolute atomic E-state index is 12.4. The molecular formula is C11H11ClN4O4S. The molecule has 3 N–H and O–H groups in total. The van der Waals surface area contributed by atoms with Crippen LogP contribution in [0.1, 0.15) is 21.9 Å². The second-order valence-corrected chi connectivity index (χ2v) is 6.21. The van der Waals surface area contributed by atoms with Crippen LogP contribution < -0.4 is 4.72 Å². The summed E-state index contributed by atoms with van der Waals surface area (Å²) in [5, 5.41) is 15.0. The minimum Gasteiger partial charge on any atom is -0.476 e. The van der Waals surface area contributed by atoms with Crippen molar-refractivity contribution in [2.45, 2.75) is 18.7 Å². The number of rotatable bonds is 4. The summed E-state index contributed by atoms with van der Waals surface area (Å²) in [4.78, 5) is 14.5. The van der Waals surface area contributed by atoms with Crippen molar-refractivity contribution in [3.8, 4) is 0 Å². The number of H-pyrrole nitrogens is 1. The number of anilines is 1. The molecule has 2 rings (SSSR count). The van der Waals surface area contributed by atoms with Gasteiger partial charge in [-0.1, -0.05) is 11.6 Å². The van der Waals surface area contributed by atoms with E-state index in [9.17, 15) is 13.2 Å². The van der Waals surface area contributed by atoms with E-state index < -0.39 is 26.6 Å². The highest BCUT2D eigenvalue weighted by Crippen LogP contribution is 2.23. The summed E-state index contributed by atoms with van der Waals surface area (Å²) in [6.07, 6.45) is 0. The lowest BCUT2D eigenvalue weighted by atomic mass is 10.3. The maximum Gasteiger partial charge on any atom is 0.357 e. The Labute approximate surface area is 125 Å². The van der Waals surface area contributed by atoms with E-state index in [0.717, 1.165) is 0 Å². The predicted molar refractivity (Wildman–Crippen MR) is 75.1 cm³/mol. The SMILES string of the molecule is Cc1nc(Cl)ccc1NS(=O)(=O)c1c(C(=O)O)n[nH]c1C. The lowest BCUT2D eigenvalue weighted by Crippen LogP contribution is -2.17. The molecule has 0 bridgehead atoms. The zero-order chi connectivity index (χ0) is 15.8. The van der Waals surface area contributed by atoms with Gasteiger partial charge in [-0.2, -0.15) is 5.10 Å². The third-order valence-corrected chi connectivity index (χ3v) is 4.39. The van der Waals surface area contributed by atoms with Crippen molar-refractivity contribution in [2.75, 3.05) is 4.72 Å². The minimum atomic E-state index is -4.12. The Bertz CT molecular complexity index is 816. The summed E-state index contributed by atoms with van der Waals surface area (Å²) in [6.45, 7) is 2.99. The van der Waals surface area contributed by atoms with Crippen LogP contribution in [0.3, 0.4) is 0 Å². The van der Waals surface area contributed by atoms with Gasteiger partial charge in [-0.05, 0) is 26.0 Å². The molecule has 0 aliphatic carbocycles. The quantitative estimate of drug-likeness (QED) is 0.731. The van der Waals surface area contributed by atoms with E-state index in [1.54, 1.807) is 6.92 Å². The number of nitrogens with one attached hydrogen (secondary N) is 2. The number of aromatic carboxylic acids is 1. The first-order valence-electron chi connectivity index (χ1n) is 5.66. The van der Waals surface area contributed by atoms with Crippen LogP contribution in [0.15, 0.2) is 17.0 Å². The van der Waals surface area contributed by atoms with E-state index in [0.29, 0.717) is 5.69 Å². The van der Waals surface area contributed by atoms with Gasteiger partial charge in [0.25, 0.3) is 10.0 Å². The van der Waals surface area contributed by atoms with Gasteiger partial charge in [0, 0.05) is 0 Å². The molecule has 2 heterocycles. The number of halogens is 1. The average Bonchev–Trinajstić information content (AvgIpc) is 2.76. The average molecular weight is 331 g/mol. The summed E-state index contributed by atoms with van der Waals surface area (Å²) in [5.41, 5.74) is 0.125. The van der Waals surface area contributed by atoms with E-state index in [-0.39, 0.29) is 16.5 Å². The van der Waals surface area contributed by atoms with Gasteiger partial charge in [0.05, 0.1) is 17.1 Å². The van der Waals surface area contributed by atoms with Crippen LogP contribution >= 0.6 is 11.6 Å². The lowest BCUT2D eigenvalue weighted by molar-refractivity contribution is 0.0686. The van der Waals surface area contributed by atoms with Gasteiger partial charge in [0.15, 0.2) is 5.69 Å². The van der Waals surface area contributed by atoms with Crippen molar-refractivity contribution < 1.29 is 18.3 Å². The molecular weight excluding hydrogens is 320 g/mol. The van der Waals surface area contributed by atoms with Crippen LogP contribution in [0.4, 0.5) is 5.69 Å². The van der Waals surface area contributed by atoms with E-state index in [4.69, 9.17) is 16.7 Å². The molecule has 0 spiro atoms. The molecule has 0 saturated heterocycles. The van der Waals surface area contributed by atoms with Crippen LogP contribution in [-0.4, -0.2) is 34.7 Å². The maximum atomic E-state index is 12.4. The molecule has 0 saturated carbocycles. The van der Waals surface area contributed by atoms with E-state index in [1.807, 2.05) is 0 Å². The predicted octanol–water partition coefficient (Wildman–Crippen LogP) is 1.57. The fourth-order valence-corrected chi connectivity index (χ4v) is 3.36. The van der Waals surface area contributed by atoms with Crippen LogP contribution in [0.25, 0.3) is 0 Å². The third-order valence-electron chi connectivity index (χ3n) is 2.66. The monoisotopic (exact) mass is 330 g/mol. The van der Waals surface area contributed by atoms with Gasteiger partial charge in [-0.15, -0.1) is 0 Å². The number of pyridine rings is 1. The van der Waals surface area contributed by atoms with Crippen molar-refractivity contribution >= 4 is 33.3 Å². The summed E-state index contributed by atoms with van der Waals surface area (Å²) >= 11 is 5.70. The van der Waals surface area contributed by atoms with Gasteiger partial charge in [0.2, 0.25) is 0 Å². The highest BCUT2D eigenvalue weighted by molar-refractivity contribution is 7.92. The molecule has 112 valence electrons. The number of aromatic amines is 1. The largest absolute Gasteiger partial charge is 0.476 e. The Balaban J connectivity index is 2.48. The zero-order valence-corrected chi connectivity index (χ0v) is 12.6. The number of aryl methyl sites for hydroxylation is 2. The topological polar surface area (TPSA) is 125 Å². The van der Waals surface area contributed by atoms with Crippen LogP contribution in [0, 0.1) is 13.8 Å². The molecule has 2 aromatic heterocycles. The van der Waals surface area contributed by atoms with Gasteiger partial charge < -0.3 is 5.11 Å². The zero-order valence-electron chi connectivity index (χ0n) is 11.0. The number of carbonyl (C=O) groups is 1. The van der Waals surface area contributed by atoms with Gasteiger partial charge in [-0.3, -0.25) is 9.82 Å². The van der Waals surface area contributed by atoms with Crippen molar-refractivity contribution in [3.05, 3.63) is 34.4 Å². The van der Waals surface area contributed by atoms with Crippen LogP contribution in [0.5, 0.6) is 0 Å². The molecule has 10 heteroatoms. The van der Waals surface area contributed by atoms with Crippen molar-refractivity contribution in [1.29, 1.82) is 0 Å². The third kappa shape index (κ3) is 2.98. The molecule has 0 aliphatic rings. The van der Waals surface area contributed by atoms with E-state index in [2.05, 4.69) is 19.9 Å². The van der Waals surface area contributed by atoms with Crippen LogP contribution in [0.2, 0.25) is 5.15 Å². The molecule has 0 amide bonds. The molecule has 0 radical (unpaired) electrons. The fourth-order valence-electron chi connectivity index (χ4n) is 1.73. The Kier molecular flexibility index (Phi) is 3.88. The molecule has 2 aromatic rings. The fraction of sp³-hybridized carbons (Fsp3) is 0.182. The first-order chi connectivity index (χ1) is 9.72. The van der Waals surface area contributed by atoms with Crippen molar-refractivity contribution in [2.24, 2.45) is 0 Å². The minimum absolute atomic E-state index is 0.125. The highest BCUT2D eigenvalue weighted by atomic mass is 35.5. The molecule has 0 atom stereocenters. The summed E-state index contributed by atoms with van der Waals surface area (Å²) in [6, 6.07) is 2.87. The molecule has 0 fully saturated rings. The standard InChI is InChI=1S/C11H11ClN4O4S/c1-5-7(3-4-8(12)13-5)16-21(19,20)10-6(2)14-15-9(10)11(17)18/h3-4,16H,1-2H3,(H,14,15)(H,17,18). The summed E-state index contributed by atoms with van der Waals surface area (Å²) < 4.78 is 27.0. The summed E-state index contributed by atoms with van der Waals surface area (Å²) in [7, 11) is -4.12. The normalized spacial score (nSPS) is 11.4. The highest BCUT2D eigenvalue weighted by Gasteiger charge is 2.28. The summed E-state index contributed by atoms with van der Waals surface area (Å²) in [5.74, 6) is -1.44. The number of carboxylic acids is 1. The number of hydrogen-bond donors (Lipinski definition) is 3.